The van der Waals surface area contributed by atoms with Crippen LogP contribution in [0.15, 0.2) is 29.0 Å². The van der Waals surface area contributed by atoms with Crippen LogP contribution in [-0.4, -0.2) is 25.3 Å². The molecular weight excluding hydrogens is 254 g/mol. The molecule has 18 heavy (non-hydrogen) atoms. The molecule has 0 aliphatic carbocycles. The van der Waals surface area contributed by atoms with Crippen molar-refractivity contribution in [2.24, 2.45) is 0 Å². The second-order valence-corrected chi connectivity index (χ2v) is 4.15. The van der Waals surface area contributed by atoms with Gasteiger partial charge in [-0.3, -0.25) is 5.10 Å². The summed E-state index contributed by atoms with van der Waals surface area (Å²) in [6.45, 7) is 1.95. The average Bonchev–Trinajstić information content (AvgIpc) is 3.00. The predicted molar refractivity (Wildman–Crippen MR) is 64.9 cm³/mol. The number of aromatic nitrogens is 5. The van der Waals surface area contributed by atoms with Crippen molar-refractivity contribution in [1.29, 1.82) is 0 Å². The van der Waals surface area contributed by atoms with Gasteiger partial charge in [0, 0.05) is 10.6 Å². The smallest absolute Gasteiger partial charge is 0.258 e. The third kappa shape index (κ3) is 1.86. The van der Waals surface area contributed by atoms with Crippen LogP contribution in [-0.2, 0) is 0 Å². The first-order valence-electron chi connectivity index (χ1n) is 5.20. The second kappa shape index (κ2) is 4.23. The Morgan fingerprint density at radius 1 is 1.33 bits per heavy atom. The summed E-state index contributed by atoms with van der Waals surface area (Å²) in [6, 6.07) is 5.50. The Hall–Kier alpha value is -2.21. The Bertz CT molecular complexity index is 677. The van der Waals surface area contributed by atoms with Crippen molar-refractivity contribution in [3.63, 3.8) is 0 Å². The molecule has 0 spiro atoms. The van der Waals surface area contributed by atoms with Crippen molar-refractivity contribution in [3.05, 3.63) is 35.1 Å². The van der Waals surface area contributed by atoms with Crippen molar-refractivity contribution in [2.75, 3.05) is 0 Å². The van der Waals surface area contributed by atoms with Gasteiger partial charge in [0.1, 0.15) is 6.33 Å². The lowest BCUT2D eigenvalue weighted by Crippen LogP contribution is -1.85. The highest BCUT2D eigenvalue weighted by molar-refractivity contribution is 6.30. The molecule has 0 unspecified atom stereocenters. The quantitative estimate of drug-likeness (QED) is 0.766. The molecule has 0 radical (unpaired) electrons. The molecule has 7 heteroatoms. The van der Waals surface area contributed by atoms with Gasteiger partial charge in [-0.2, -0.15) is 10.1 Å². The van der Waals surface area contributed by atoms with Gasteiger partial charge in [-0.05, 0) is 24.6 Å². The monoisotopic (exact) mass is 261 g/mol. The van der Waals surface area contributed by atoms with Gasteiger partial charge in [0.2, 0.25) is 5.82 Å². The highest BCUT2D eigenvalue weighted by atomic mass is 35.5. The molecule has 0 saturated carbocycles. The molecule has 1 aromatic carbocycles. The number of nitrogens with one attached hydrogen (secondary N) is 1. The van der Waals surface area contributed by atoms with E-state index in [4.69, 9.17) is 16.1 Å². The number of halogens is 1. The van der Waals surface area contributed by atoms with E-state index in [9.17, 15) is 0 Å². The SMILES string of the molecule is Cc1ccc(Cl)cc1-c1nc(-c2ncn[nH]2)no1. The van der Waals surface area contributed by atoms with Crippen LogP contribution >= 0.6 is 11.6 Å². The van der Waals surface area contributed by atoms with E-state index in [-0.39, 0.29) is 0 Å². The predicted octanol–water partition coefficient (Wildman–Crippen LogP) is 2.48. The van der Waals surface area contributed by atoms with Gasteiger partial charge >= 0.3 is 0 Å². The van der Waals surface area contributed by atoms with Crippen molar-refractivity contribution in [2.45, 2.75) is 6.92 Å². The summed E-state index contributed by atoms with van der Waals surface area (Å²) in [4.78, 5) is 8.21. The Morgan fingerprint density at radius 3 is 3.00 bits per heavy atom. The normalized spacial score (nSPS) is 10.8. The minimum Gasteiger partial charge on any atom is -0.333 e. The van der Waals surface area contributed by atoms with Gasteiger partial charge in [-0.1, -0.05) is 22.8 Å². The van der Waals surface area contributed by atoms with E-state index < -0.39 is 0 Å². The van der Waals surface area contributed by atoms with E-state index in [0.717, 1.165) is 11.1 Å². The van der Waals surface area contributed by atoms with Crippen molar-refractivity contribution in [3.8, 4) is 23.1 Å². The molecule has 6 nitrogen and oxygen atoms in total. The maximum Gasteiger partial charge on any atom is 0.258 e. The molecule has 0 aliphatic heterocycles. The number of aromatic amines is 1. The van der Waals surface area contributed by atoms with Gasteiger partial charge in [0.15, 0.2) is 5.82 Å². The van der Waals surface area contributed by atoms with Crippen LogP contribution in [0.5, 0.6) is 0 Å². The zero-order valence-electron chi connectivity index (χ0n) is 9.38. The summed E-state index contributed by atoms with van der Waals surface area (Å²) in [7, 11) is 0. The largest absolute Gasteiger partial charge is 0.333 e. The van der Waals surface area contributed by atoms with Gasteiger partial charge in [0.25, 0.3) is 5.89 Å². The van der Waals surface area contributed by atoms with E-state index in [1.807, 2.05) is 19.1 Å². The van der Waals surface area contributed by atoms with Crippen LogP contribution < -0.4 is 0 Å². The van der Waals surface area contributed by atoms with Crippen LogP contribution in [0.25, 0.3) is 23.1 Å². The highest BCUT2D eigenvalue weighted by Crippen LogP contribution is 2.26. The number of rotatable bonds is 2. The minimum atomic E-state index is 0.363. The van der Waals surface area contributed by atoms with E-state index in [1.54, 1.807) is 6.07 Å². The Balaban J connectivity index is 2.05. The van der Waals surface area contributed by atoms with Gasteiger partial charge in [-0.15, -0.1) is 0 Å². The lowest BCUT2D eigenvalue weighted by molar-refractivity contribution is 0.431. The van der Waals surface area contributed by atoms with E-state index in [0.29, 0.717) is 22.6 Å². The Morgan fingerprint density at radius 2 is 2.22 bits per heavy atom. The maximum atomic E-state index is 5.95. The molecule has 1 N–H and O–H groups in total. The number of nitrogens with zero attached hydrogens (tertiary/aromatic N) is 4. The Kier molecular flexibility index (Phi) is 2.56. The zero-order valence-corrected chi connectivity index (χ0v) is 10.1. The molecule has 3 rings (SSSR count). The second-order valence-electron chi connectivity index (χ2n) is 3.72. The first-order chi connectivity index (χ1) is 8.74. The molecule has 0 fully saturated rings. The number of H-pyrrole nitrogens is 1. The fraction of sp³-hybridized carbons (Fsp3) is 0.0909. The van der Waals surface area contributed by atoms with Crippen LogP contribution in [0, 0.1) is 6.92 Å². The standard InChI is InChI=1S/C11H8ClN5O/c1-6-2-3-7(12)4-8(6)11-15-10(17-18-11)9-13-5-14-16-9/h2-5H,1H3,(H,13,14,16). The molecule has 0 atom stereocenters. The average molecular weight is 262 g/mol. The fourth-order valence-corrected chi connectivity index (χ4v) is 1.74. The number of hydrogen-bond donors (Lipinski definition) is 1. The number of benzene rings is 1. The summed E-state index contributed by atoms with van der Waals surface area (Å²) >= 11 is 5.95. The van der Waals surface area contributed by atoms with Crippen molar-refractivity contribution in [1.82, 2.24) is 25.3 Å². The molecule has 0 saturated heterocycles. The summed E-state index contributed by atoms with van der Waals surface area (Å²) in [5, 5.41) is 10.9. The topological polar surface area (TPSA) is 80.5 Å². The molecule has 0 aliphatic rings. The first kappa shape index (κ1) is 10.9. The van der Waals surface area contributed by atoms with Gasteiger partial charge in [0.05, 0.1) is 0 Å². The summed E-state index contributed by atoms with van der Waals surface area (Å²) in [5.41, 5.74) is 1.81. The third-order valence-corrected chi connectivity index (χ3v) is 2.72. The molecule has 2 heterocycles. The first-order valence-corrected chi connectivity index (χ1v) is 5.58. The Labute approximate surface area is 107 Å². The summed E-state index contributed by atoms with van der Waals surface area (Å²) in [5.74, 6) is 1.23. The van der Waals surface area contributed by atoms with Crippen molar-refractivity contribution >= 4 is 11.6 Å². The zero-order chi connectivity index (χ0) is 12.5. The van der Waals surface area contributed by atoms with Crippen LogP contribution in [0.4, 0.5) is 0 Å². The van der Waals surface area contributed by atoms with Crippen molar-refractivity contribution < 1.29 is 4.52 Å². The van der Waals surface area contributed by atoms with Crippen LogP contribution in [0.3, 0.4) is 0 Å². The van der Waals surface area contributed by atoms with E-state index in [2.05, 4.69) is 25.3 Å². The molecule has 3 aromatic rings. The molecule has 90 valence electrons. The summed E-state index contributed by atoms with van der Waals surface area (Å²) in [6.07, 6.45) is 1.38. The van der Waals surface area contributed by atoms with Gasteiger partial charge < -0.3 is 4.52 Å². The van der Waals surface area contributed by atoms with Gasteiger partial charge in [-0.25, -0.2) is 4.98 Å². The summed E-state index contributed by atoms with van der Waals surface area (Å²) < 4.78 is 5.20. The number of hydrogen-bond acceptors (Lipinski definition) is 5. The highest BCUT2D eigenvalue weighted by Gasteiger charge is 2.14. The van der Waals surface area contributed by atoms with Crippen LogP contribution in [0.1, 0.15) is 5.56 Å². The van der Waals surface area contributed by atoms with Crippen LogP contribution in [0.2, 0.25) is 5.02 Å². The lowest BCUT2D eigenvalue weighted by atomic mass is 10.1. The molecule has 2 aromatic heterocycles. The fourth-order valence-electron chi connectivity index (χ4n) is 1.57. The molecule has 0 amide bonds. The third-order valence-electron chi connectivity index (χ3n) is 2.48. The molecule has 0 bridgehead atoms. The molecular formula is C11H8ClN5O. The lowest BCUT2D eigenvalue weighted by Gasteiger charge is -2.00. The number of aryl methyl sites for hydroxylation is 1. The minimum absolute atomic E-state index is 0.363. The maximum absolute atomic E-state index is 5.95. The van der Waals surface area contributed by atoms with E-state index in [1.165, 1.54) is 6.33 Å². The van der Waals surface area contributed by atoms with E-state index >= 15 is 0 Å².